The number of ether oxygens (including phenoxy) is 1. The topological polar surface area (TPSA) is 65.9 Å². The number of guanidine groups is 1. The SMILES string of the molecule is CN=C(NCc1ccc(OC)cc1)NCc1ccc(O)c(F)c1.I. The van der Waals surface area contributed by atoms with Crippen molar-refractivity contribution < 1.29 is 14.2 Å². The zero-order valence-electron chi connectivity index (χ0n) is 13.5. The molecular weight excluding hydrogens is 424 g/mol. The molecule has 0 amide bonds. The standard InChI is InChI=1S/C17H20FN3O2.HI/c1-19-17(20-10-12-3-6-14(23-2)7-4-12)21-11-13-5-8-16(22)15(18)9-13;/h3-9,22H,10-11H2,1-2H3,(H2,19,20,21);1H. The molecule has 0 spiro atoms. The van der Waals surface area contributed by atoms with Gasteiger partial charge in [0.05, 0.1) is 7.11 Å². The monoisotopic (exact) mass is 445 g/mol. The van der Waals surface area contributed by atoms with Gasteiger partial charge in [0.25, 0.3) is 0 Å². The molecule has 0 aliphatic heterocycles. The molecule has 0 aliphatic carbocycles. The molecule has 0 aromatic heterocycles. The summed E-state index contributed by atoms with van der Waals surface area (Å²) in [5.74, 6) is 0.432. The van der Waals surface area contributed by atoms with E-state index in [1.54, 1.807) is 20.2 Å². The molecule has 2 aromatic rings. The number of methoxy groups -OCH3 is 1. The van der Waals surface area contributed by atoms with Crippen LogP contribution >= 0.6 is 24.0 Å². The van der Waals surface area contributed by atoms with E-state index in [4.69, 9.17) is 4.74 Å². The first-order chi connectivity index (χ1) is 11.1. The van der Waals surface area contributed by atoms with Gasteiger partial charge in [-0.25, -0.2) is 4.39 Å². The van der Waals surface area contributed by atoms with Crippen LogP contribution in [0.3, 0.4) is 0 Å². The number of hydrogen-bond donors (Lipinski definition) is 3. The van der Waals surface area contributed by atoms with Crippen molar-refractivity contribution in [3.63, 3.8) is 0 Å². The van der Waals surface area contributed by atoms with Crippen LogP contribution in [0.1, 0.15) is 11.1 Å². The largest absolute Gasteiger partial charge is 0.505 e. The lowest BCUT2D eigenvalue weighted by Gasteiger charge is -2.12. The zero-order valence-corrected chi connectivity index (χ0v) is 15.9. The molecule has 0 saturated heterocycles. The van der Waals surface area contributed by atoms with E-state index in [1.807, 2.05) is 24.3 Å². The Morgan fingerprint density at radius 1 is 1.08 bits per heavy atom. The van der Waals surface area contributed by atoms with E-state index in [-0.39, 0.29) is 29.7 Å². The van der Waals surface area contributed by atoms with Gasteiger partial charge in [0.1, 0.15) is 5.75 Å². The van der Waals surface area contributed by atoms with Gasteiger partial charge in [-0.2, -0.15) is 0 Å². The smallest absolute Gasteiger partial charge is 0.191 e. The summed E-state index contributed by atoms with van der Waals surface area (Å²) < 4.78 is 18.4. The zero-order chi connectivity index (χ0) is 16.7. The summed E-state index contributed by atoms with van der Waals surface area (Å²) in [5, 5.41) is 15.4. The molecule has 5 nitrogen and oxygen atoms in total. The summed E-state index contributed by atoms with van der Waals surface area (Å²) in [6.07, 6.45) is 0. The lowest BCUT2D eigenvalue weighted by atomic mass is 10.2. The van der Waals surface area contributed by atoms with Gasteiger partial charge in [-0.1, -0.05) is 18.2 Å². The molecule has 0 heterocycles. The Labute approximate surface area is 158 Å². The molecule has 0 aliphatic rings. The second kappa shape index (κ2) is 9.96. The first kappa shape index (κ1) is 20.0. The van der Waals surface area contributed by atoms with Crippen molar-refractivity contribution in [1.82, 2.24) is 10.6 Å². The van der Waals surface area contributed by atoms with Gasteiger partial charge in [0, 0.05) is 20.1 Å². The number of aliphatic imine (C=N–C) groups is 1. The highest BCUT2D eigenvalue weighted by Gasteiger charge is 2.03. The molecule has 130 valence electrons. The lowest BCUT2D eigenvalue weighted by molar-refractivity contribution is 0.414. The molecule has 0 fully saturated rings. The number of phenols is 1. The maximum atomic E-state index is 13.3. The van der Waals surface area contributed by atoms with E-state index in [1.165, 1.54) is 12.1 Å². The Bertz CT molecular complexity index is 678. The molecule has 24 heavy (non-hydrogen) atoms. The van der Waals surface area contributed by atoms with Crippen LogP contribution in [-0.4, -0.2) is 25.2 Å². The third-order valence-corrected chi connectivity index (χ3v) is 3.31. The van der Waals surface area contributed by atoms with Crippen molar-refractivity contribution >= 4 is 29.9 Å². The highest BCUT2D eigenvalue weighted by molar-refractivity contribution is 14.0. The number of aromatic hydroxyl groups is 1. The van der Waals surface area contributed by atoms with Gasteiger partial charge in [-0.3, -0.25) is 4.99 Å². The van der Waals surface area contributed by atoms with Crippen molar-refractivity contribution in [2.75, 3.05) is 14.2 Å². The minimum Gasteiger partial charge on any atom is -0.505 e. The number of hydrogen-bond acceptors (Lipinski definition) is 3. The fourth-order valence-electron chi connectivity index (χ4n) is 2.00. The molecule has 0 saturated carbocycles. The average molecular weight is 445 g/mol. The predicted octanol–water partition coefficient (Wildman–Crippen LogP) is 3.02. The molecule has 0 unspecified atom stereocenters. The Morgan fingerprint density at radius 3 is 2.21 bits per heavy atom. The second-order valence-electron chi connectivity index (χ2n) is 4.91. The molecule has 2 rings (SSSR count). The van der Waals surface area contributed by atoms with Gasteiger partial charge >= 0.3 is 0 Å². The summed E-state index contributed by atoms with van der Waals surface area (Å²) in [5.41, 5.74) is 1.80. The van der Waals surface area contributed by atoms with Gasteiger partial charge in [-0.05, 0) is 35.4 Å². The summed E-state index contributed by atoms with van der Waals surface area (Å²) in [6, 6.07) is 12.0. The molecule has 2 aromatic carbocycles. The Morgan fingerprint density at radius 2 is 1.67 bits per heavy atom. The molecule has 7 heteroatoms. The molecule has 0 atom stereocenters. The number of halogens is 2. The van der Waals surface area contributed by atoms with Crippen LogP contribution in [0.15, 0.2) is 47.5 Å². The van der Waals surface area contributed by atoms with E-state index < -0.39 is 5.82 Å². The quantitative estimate of drug-likeness (QED) is 0.376. The first-order valence-corrected chi connectivity index (χ1v) is 7.17. The minimum atomic E-state index is -0.634. The van der Waals surface area contributed by atoms with Crippen LogP contribution in [0.5, 0.6) is 11.5 Å². The van der Waals surface area contributed by atoms with E-state index in [2.05, 4.69) is 15.6 Å². The van der Waals surface area contributed by atoms with Crippen LogP contribution in [0.2, 0.25) is 0 Å². The van der Waals surface area contributed by atoms with Crippen molar-refractivity contribution in [2.24, 2.45) is 4.99 Å². The second-order valence-corrected chi connectivity index (χ2v) is 4.91. The maximum absolute atomic E-state index is 13.3. The number of nitrogens with zero attached hydrogens (tertiary/aromatic N) is 1. The van der Waals surface area contributed by atoms with Gasteiger partial charge in [-0.15, -0.1) is 24.0 Å². The molecular formula is C17H21FIN3O2. The van der Waals surface area contributed by atoms with Crippen LogP contribution in [0.25, 0.3) is 0 Å². The number of benzene rings is 2. The van der Waals surface area contributed by atoms with E-state index in [9.17, 15) is 9.50 Å². The fourth-order valence-corrected chi connectivity index (χ4v) is 2.00. The third-order valence-electron chi connectivity index (χ3n) is 3.31. The van der Waals surface area contributed by atoms with Gasteiger partial charge in [0.15, 0.2) is 17.5 Å². The Balaban J connectivity index is 0.00000288. The highest BCUT2D eigenvalue weighted by atomic mass is 127. The molecule has 0 bridgehead atoms. The lowest BCUT2D eigenvalue weighted by Crippen LogP contribution is -2.36. The highest BCUT2D eigenvalue weighted by Crippen LogP contribution is 2.16. The van der Waals surface area contributed by atoms with Crippen LogP contribution in [-0.2, 0) is 13.1 Å². The number of nitrogens with one attached hydrogen (secondary N) is 2. The summed E-state index contributed by atoms with van der Waals surface area (Å²) in [4.78, 5) is 4.12. The Kier molecular flexibility index (Phi) is 8.31. The summed E-state index contributed by atoms with van der Waals surface area (Å²) in [7, 11) is 3.30. The van der Waals surface area contributed by atoms with E-state index in [0.29, 0.717) is 24.6 Å². The van der Waals surface area contributed by atoms with E-state index >= 15 is 0 Å². The average Bonchev–Trinajstić information content (AvgIpc) is 2.58. The number of phenolic OH excluding ortho intramolecular Hbond substituents is 1. The first-order valence-electron chi connectivity index (χ1n) is 7.17. The maximum Gasteiger partial charge on any atom is 0.191 e. The molecule has 3 N–H and O–H groups in total. The minimum absolute atomic E-state index is 0. The fraction of sp³-hybridized carbons (Fsp3) is 0.235. The van der Waals surface area contributed by atoms with Gasteiger partial charge in [0.2, 0.25) is 0 Å². The van der Waals surface area contributed by atoms with Crippen molar-refractivity contribution in [3.05, 3.63) is 59.4 Å². The third kappa shape index (κ3) is 5.88. The van der Waals surface area contributed by atoms with Crippen LogP contribution in [0.4, 0.5) is 4.39 Å². The Hall–Kier alpha value is -2.03. The van der Waals surface area contributed by atoms with Crippen LogP contribution in [0, 0.1) is 5.82 Å². The van der Waals surface area contributed by atoms with Gasteiger partial charge < -0.3 is 20.5 Å². The van der Waals surface area contributed by atoms with Crippen molar-refractivity contribution in [1.29, 1.82) is 0 Å². The van der Waals surface area contributed by atoms with Crippen molar-refractivity contribution in [3.8, 4) is 11.5 Å². The van der Waals surface area contributed by atoms with Crippen LogP contribution < -0.4 is 15.4 Å². The summed E-state index contributed by atoms with van der Waals surface area (Å²) >= 11 is 0. The number of rotatable bonds is 5. The van der Waals surface area contributed by atoms with E-state index in [0.717, 1.165) is 11.3 Å². The van der Waals surface area contributed by atoms with Crippen molar-refractivity contribution in [2.45, 2.75) is 13.1 Å². The molecule has 0 radical (unpaired) electrons. The predicted molar refractivity (Wildman–Crippen MR) is 104 cm³/mol. The normalized spacial score (nSPS) is 10.7. The summed E-state index contributed by atoms with van der Waals surface area (Å²) in [6.45, 7) is 1.01.